The van der Waals surface area contributed by atoms with E-state index in [1.807, 2.05) is 73.7 Å². The van der Waals surface area contributed by atoms with E-state index in [2.05, 4.69) is 9.97 Å². The maximum Gasteiger partial charge on any atom is 0.394 e. The molecule has 0 aliphatic rings. The quantitative estimate of drug-likeness (QED) is 0.168. The lowest BCUT2D eigenvalue weighted by Crippen LogP contribution is -2.10. The van der Waals surface area contributed by atoms with Crippen LogP contribution in [0.1, 0.15) is 28.9 Å². The highest BCUT2D eigenvalue weighted by molar-refractivity contribution is 5.88. The van der Waals surface area contributed by atoms with Crippen molar-refractivity contribution in [1.82, 2.24) is 9.97 Å². The van der Waals surface area contributed by atoms with Gasteiger partial charge in [-0.3, -0.25) is 0 Å². The fraction of sp³-hybridized carbons (Fsp3) is 0.207. The molecule has 8 nitrogen and oxygen atoms in total. The van der Waals surface area contributed by atoms with Gasteiger partial charge in [0.15, 0.2) is 5.58 Å². The number of pyridine rings is 1. The second-order valence-electron chi connectivity index (χ2n) is 8.20. The number of oxazole rings is 1. The summed E-state index contributed by atoms with van der Waals surface area (Å²) in [5, 5.41) is 1.10. The van der Waals surface area contributed by atoms with Crippen molar-refractivity contribution in [2.24, 2.45) is 0 Å². The first-order valence-corrected chi connectivity index (χ1v) is 12.0. The summed E-state index contributed by atoms with van der Waals surface area (Å²) in [5.74, 6) is 0.644. The monoisotopic (exact) mass is 498 g/mol. The van der Waals surface area contributed by atoms with Crippen molar-refractivity contribution < 1.29 is 28.2 Å². The summed E-state index contributed by atoms with van der Waals surface area (Å²) in [6.45, 7) is 3.57. The molecule has 5 aromatic rings. The van der Waals surface area contributed by atoms with Crippen molar-refractivity contribution in [3.05, 3.63) is 96.0 Å². The first-order valence-electron chi connectivity index (χ1n) is 12.0. The first-order chi connectivity index (χ1) is 18.2. The van der Waals surface area contributed by atoms with E-state index in [-0.39, 0.29) is 12.5 Å². The normalized spacial score (nSPS) is 11.1. The summed E-state index contributed by atoms with van der Waals surface area (Å²) >= 11 is 0. The SMILES string of the molecule is CCOCCOC(=O)c1nc2ccc(COc3cccc(OCc4ccc5ccccc5n4)c3)cc2o1. The minimum Gasteiger partial charge on any atom is -0.489 e. The van der Waals surface area contributed by atoms with Crippen LogP contribution in [-0.4, -0.2) is 35.8 Å². The number of nitrogens with zero attached hydrogens (tertiary/aromatic N) is 2. The molecule has 0 aliphatic heterocycles. The number of benzene rings is 3. The molecule has 0 N–H and O–H groups in total. The van der Waals surface area contributed by atoms with Crippen molar-refractivity contribution in [2.45, 2.75) is 20.1 Å². The Balaban J connectivity index is 1.17. The Morgan fingerprint density at radius 3 is 2.51 bits per heavy atom. The molecule has 0 atom stereocenters. The standard InChI is InChI=1S/C29H26N2O6/c1-2-33-14-15-34-29(32)28-31-26-13-10-20(16-27(26)37-28)18-35-23-7-5-8-24(17-23)36-19-22-12-11-21-6-3-4-9-25(21)30-22/h3-13,16-17H,2,14-15,18-19H2,1H3. The number of esters is 1. The molecular formula is C29H26N2O6. The number of fused-ring (bicyclic) bond motifs is 2. The van der Waals surface area contributed by atoms with Crippen LogP contribution in [0.5, 0.6) is 11.5 Å². The average Bonchev–Trinajstić information content (AvgIpc) is 3.37. The number of para-hydroxylation sites is 1. The molecule has 0 saturated heterocycles. The molecular weight excluding hydrogens is 472 g/mol. The number of ether oxygens (including phenoxy) is 4. The summed E-state index contributed by atoms with van der Waals surface area (Å²) in [7, 11) is 0. The van der Waals surface area contributed by atoms with Crippen LogP contribution in [0.4, 0.5) is 0 Å². The predicted octanol–water partition coefficient (Wildman–Crippen LogP) is 5.73. The first kappa shape index (κ1) is 24.3. The van der Waals surface area contributed by atoms with Gasteiger partial charge in [-0.25, -0.2) is 14.8 Å². The predicted molar refractivity (Wildman–Crippen MR) is 138 cm³/mol. The molecule has 5 rings (SSSR count). The Labute approximate surface area is 213 Å². The van der Waals surface area contributed by atoms with Crippen molar-refractivity contribution in [2.75, 3.05) is 19.8 Å². The van der Waals surface area contributed by atoms with Crippen molar-refractivity contribution in [1.29, 1.82) is 0 Å². The summed E-state index contributed by atoms with van der Waals surface area (Å²) in [6, 6.07) is 24.9. The molecule has 0 saturated carbocycles. The van der Waals surface area contributed by atoms with Crippen LogP contribution in [0.3, 0.4) is 0 Å². The zero-order valence-electron chi connectivity index (χ0n) is 20.4. The molecule has 188 valence electrons. The molecule has 3 aromatic carbocycles. The largest absolute Gasteiger partial charge is 0.489 e. The van der Waals surface area contributed by atoms with Gasteiger partial charge in [0.25, 0.3) is 0 Å². The Morgan fingerprint density at radius 2 is 1.65 bits per heavy atom. The van der Waals surface area contributed by atoms with Gasteiger partial charge in [0.1, 0.15) is 36.8 Å². The maximum atomic E-state index is 12.1. The molecule has 0 bridgehead atoms. The van der Waals surface area contributed by atoms with Crippen LogP contribution >= 0.6 is 0 Å². The summed E-state index contributed by atoms with van der Waals surface area (Å²) in [6.07, 6.45) is 0. The van der Waals surface area contributed by atoms with E-state index in [0.29, 0.717) is 49.0 Å². The van der Waals surface area contributed by atoms with Gasteiger partial charge in [-0.15, -0.1) is 0 Å². The second-order valence-corrected chi connectivity index (χ2v) is 8.20. The highest BCUT2D eigenvalue weighted by Crippen LogP contribution is 2.23. The van der Waals surface area contributed by atoms with E-state index in [0.717, 1.165) is 22.2 Å². The number of aromatic nitrogens is 2. The number of rotatable bonds is 11. The van der Waals surface area contributed by atoms with Crippen molar-refractivity contribution >= 4 is 28.0 Å². The summed E-state index contributed by atoms with van der Waals surface area (Å²) in [5.41, 5.74) is 3.71. The number of carbonyl (C=O) groups excluding carboxylic acids is 1. The minimum atomic E-state index is -0.621. The number of carbonyl (C=O) groups is 1. The van der Waals surface area contributed by atoms with Crippen LogP contribution in [0.25, 0.3) is 22.0 Å². The average molecular weight is 499 g/mol. The highest BCUT2D eigenvalue weighted by Gasteiger charge is 2.16. The zero-order valence-corrected chi connectivity index (χ0v) is 20.4. The van der Waals surface area contributed by atoms with Crippen LogP contribution in [0.15, 0.2) is 83.3 Å². The third-order valence-corrected chi connectivity index (χ3v) is 5.55. The van der Waals surface area contributed by atoms with Crippen LogP contribution < -0.4 is 9.47 Å². The van der Waals surface area contributed by atoms with Crippen LogP contribution in [0.2, 0.25) is 0 Å². The highest BCUT2D eigenvalue weighted by atomic mass is 16.6. The Kier molecular flexibility index (Phi) is 7.57. The van der Waals surface area contributed by atoms with Crippen molar-refractivity contribution in [3.63, 3.8) is 0 Å². The lowest BCUT2D eigenvalue weighted by molar-refractivity contribution is 0.0299. The smallest absolute Gasteiger partial charge is 0.394 e. The minimum absolute atomic E-state index is 0.0877. The molecule has 0 radical (unpaired) electrons. The van der Waals surface area contributed by atoms with Crippen LogP contribution in [-0.2, 0) is 22.7 Å². The molecule has 0 amide bonds. The van der Waals surface area contributed by atoms with Gasteiger partial charge in [-0.05, 0) is 48.9 Å². The molecule has 0 fully saturated rings. The second kappa shape index (κ2) is 11.5. The molecule has 8 heteroatoms. The van der Waals surface area contributed by atoms with Gasteiger partial charge in [0.05, 0.1) is 17.8 Å². The number of hydrogen-bond donors (Lipinski definition) is 0. The fourth-order valence-electron chi connectivity index (χ4n) is 3.71. The van der Waals surface area contributed by atoms with E-state index < -0.39 is 5.97 Å². The molecule has 2 heterocycles. The van der Waals surface area contributed by atoms with E-state index in [1.54, 1.807) is 12.1 Å². The van der Waals surface area contributed by atoms with Gasteiger partial charge < -0.3 is 23.4 Å². The molecule has 0 aliphatic carbocycles. The topological polar surface area (TPSA) is 92.9 Å². The summed E-state index contributed by atoms with van der Waals surface area (Å²) < 4.78 is 27.8. The third-order valence-electron chi connectivity index (χ3n) is 5.55. The Bertz CT molecular complexity index is 1510. The van der Waals surface area contributed by atoms with Gasteiger partial charge in [0, 0.05) is 18.1 Å². The zero-order chi connectivity index (χ0) is 25.5. The lowest BCUT2D eigenvalue weighted by atomic mass is 10.2. The van der Waals surface area contributed by atoms with E-state index in [9.17, 15) is 4.79 Å². The number of hydrogen-bond acceptors (Lipinski definition) is 8. The summed E-state index contributed by atoms with van der Waals surface area (Å²) in [4.78, 5) is 21.0. The maximum absolute atomic E-state index is 12.1. The molecule has 37 heavy (non-hydrogen) atoms. The third kappa shape index (κ3) is 6.23. The van der Waals surface area contributed by atoms with Crippen molar-refractivity contribution in [3.8, 4) is 11.5 Å². The van der Waals surface area contributed by atoms with Crippen LogP contribution in [0, 0.1) is 0 Å². The van der Waals surface area contributed by atoms with E-state index in [1.165, 1.54) is 0 Å². The van der Waals surface area contributed by atoms with E-state index >= 15 is 0 Å². The van der Waals surface area contributed by atoms with Gasteiger partial charge in [-0.2, -0.15) is 0 Å². The Morgan fingerprint density at radius 1 is 0.811 bits per heavy atom. The fourth-order valence-corrected chi connectivity index (χ4v) is 3.71. The van der Waals surface area contributed by atoms with Gasteiger partial charge in [0.2, 0.25) is 0 Å². The van der Waals surface area contributed by atoms with E-state index in [4.69, 9.17) is 23.4 Å². The molecule has 0 unspecified atom stereocenters. The Hall–Kier alpha value is -4.43. The van der Waals surface area contributed by atoms with Gasteiger partial charge in [-0.1, -0.05) is 36.4 Å². The van der Waals surface area contributed by atoms with Gasteiger partial charge >= 0.3 is 11.9 Å². The molecule has 0 spiro atoms. The molecule has 2 aromatic heterocycles. The lowest BCUT2D eigenvalue weighted by Gasteiger charge is -2.10.